The molecule has 1 amide bonds. The largest absolute Gasteiger partial charge is 0.494 e. The molecule has 26 heavy (non-hydrogen) atoms. The summed E-state index contributed by atoms with van der Waals surface area (Å²) in [4.78, 5) is 12.6. The molecule has 3 unspecified atom stereocenters. The lowest BCUT2D eigenvalue weighted by molar-refractivity contribution is -0.129. The Bertz CT molecular complexity index is 699. The van der Waals surface area contributed by atoms with Gasteiger partial charge >= 0.3 is 0 Å². The van der Waals surface area contributed by atoms with E-state index in [0.717, 1.165) is 29.9 Å². The molecule has 0 bridgehead atoms. The first-order valence-electron chi connectivity index (χ1n) is 9.64. The number of nitrogens with one attached hydrogen (secondary N) is 1. The van der Waals surface area contributed by atoms with E-state index in [1.165, 1.54) is 5.56 Å². The predicted molar refractivity (Wildman–Crippen MR) is 97.7 cm³/mol. The van der Waals surface area contributed by atoms with Crippen LogP contribution in [0.4, 0.5) is 0 Å². The molecule has 142 valence electrons. The number of benzene rings is 1. The Morgan fingerprint density at radius 3 is 2.88 bits per heavy atom. The molecule has 1 saturated heterocycles. The Morgan fingerprint density at radius 2 is 2.15 bits per heavy atom. The van der Waals surface area contributed by atoms with Crippen LogP contribution in [-0.2, 0) is 16.0 Å². The third-order valence-electron chi connectivity index (χ3n) is 5.67. The summed E-state index contributed by atoms with van der Waals surface area (Å²) in [7, 11) is 0. The molecule has 1 saturated carbocycles. The van der Waals surface area contributed by atoms with Crippen LogP contribution in [0.5, 0.6) is 11.5 Å². The highest BCUT2D eigenvalue weighted by atomic mass is 16.5. The first-order valence-corrected chi connectivity index (χ1v) is 9.64. The highest BCUT2D eigenvalue weighted by molar-refractivity contribution is 5.87. The average molecular weight is 360 g/mol. The predicted octanol–water partition coefficient (Wildman–Crippen LogP) is 1.89. The molecule has 2 fully saturated rings. The van der Waals surface area contributed by atoms with E-state index in [1.54, 1.807) is 0 Å². The Labute approximate surface area is 154 Å². The second kappa shape index (κ2) is 6.74. The maximum absolute atomic E-state index is 12.6. The van der Waals surface area contributed by atoms with Crippen LogP contribution in [-0.4, -0.2) is 43.4 Å². The SMILES string of the molecule is CCOc1cc2c(cc1C1CC1NC(=O)C1(N)CCOCC1)OC(C)C2. The average Bonchev–Trinajstić information content (AvgIpc) is 3.27. The number of hydrogen-bond donors (Lipinski definition) is 2. The summed E-state index contributed by atoms with van der Waals surface area (Å²) in [5.41, 5.74) is 7.82. The van der Waals surface area contributed by atoms with Crippen LogP contribution < -0.4 is 20.5 Å². The lowest BCUT2D eigenvalue weighted by Crippen LogP contribution is -2.57. The van der Waals surface area contributed by atoms with Crippen LogP contribution in [0.3, 0.4) is 0 Å². The van der Waals surface area contributed by atoms with Gasteiger partial charge in [-0.15, -0.1) is 0 Å². The fourth-order valence-corrected chi connectivity index (χ4v) is 4.00. The number of fused-ring (bicyclic) bond motifs is 1. The van der Waals surface area contributed by atoms with Crippen molar-refractivity contribution in [3.63, 3.8) is 0 Å². The van der Waals surface area contributed by atoms with Gasteiger partial charge in [-0.25, -0.2) is 0 Å². The van der Waals surface area contributed by atoms with E-state index in [9.17, 15) is 4.79 Å². The van der Waals surface area contributed by atoms with Crippen molar-refractivity contribution in [2.45, 2.75) is 63.1 Å². The number of carbonyl (C=O) groups excluding carboxylic acids is 1. The van der Waals surface area contributed by atoms with Crippen molar-refractivity contribution in [1.82, 2.24) is 5.32 Å². The van der Waals surface area contributed by atoms with Gasteiger partial charge in [0.2, 0.25) is 5.91 Å². The molecule has 1 aliphatic carbocycles. The molecule has 2 aliphatic heterocycles. The Balaban J connectivity index is 1.47. The molecule has 6 nitrogen and oxygen atoms in total. The molecule has 4 rings (SSSR count). The third kappa shape index (κ3) is 3.28. The second-order valence-corrected chi connectivity index (χ2v) is 7.75. The van der Waals surface area contributed by atoms with Gasteiger partial charge < -0.3 is 25.3 Å². The zero-order chi connectivity index (χ0) is 18.3. The van der Waals surface area contributed by atoms with Gasteiger partial charge in [0, 0.05) is 42.7 Å². The van der Waals surface area contributed by atoms with E-state index in [0.29, 0.717) is 32.7 Å². The van der Waals surface area contributed by atoms with Crippen LogP contribution in [0.1, 0.15) is 50.2 Å². The van der Waals surface area contributed by atoms with E-state index in [-0.39, 0.29) is 24.0 Å². The van der Waals surface area contributed by atoms with Crippen LogP contribution in [0.25, 0.3) is 0 Å². The maximum atomic E-state index is 12.6. The lowest BCUT2D eigenvalue weighted by atomic mass is 9.90. The van der Waals surface area contributed by atoms with Crippen LogP contribution in [0.2, 0.25) is 0 Å². The minimum absolute atomic E-state index is 0.0581. The summed E-state index contributed by atoms with van der Waals surface area (Å²) in [5, 5.41) is 3.14. The molecular weight excluding hydrogens is 332 g/mol. The summed E-state index contributed by atoms with van der Waals surface area (Å²) < 4.78 is 17.1. The Hall–Kier alpha value is -1.79. The number of carbonyl (C=O) groups is 1. The zero-order valence-corrected chi connectivity index (χ0v) is 15.5. The minimum Gasteiger partial charge on any atom is -0.494 e. The molecule has 0 aromatic heterocycles. The standard InChI is InChI=1S/C20H28N2O4/c1-3-25-18-9-13-8-12(2)26-17(13)11-15(18)14-10-16(14)22-19(23)20(21)4-6-24-7-5-20/h9,11-12,14,16H,3-8,10,21H2,1-2H3,(H,22,23). The molecule has 6 heteroatoms. The van der Waals surface area contributed by atoms with Gasteiger partial charge in [0.05, 0.1) is 12.1 Å². The van der Waals surface area contributed by atoms with E-state index in [1.807, 2.05) is 6.92 Å². The van der Waals surface area contributed by atoms with Crippen LogP contribution >= 0.6 is 0 Å². The Kier molecular flexibility index (Phi) is 4.57. The summed E-state index contributed by atoms with van der Waals surface area (Å²) >= 11 is 0. The molecule has 3 aliphatic rings. The molecule has 1 aromatic rings. The van der Waals surface area contributed by atoms with Gasteiger partial charge in [-0.2, -0.15) is 0 Å². The molecular formula is C20H28N2O4. The van der Waals surface area contributed by atoms with Crippen molar-refractivity contribution in [2.75, 3.05) is 19.8 Å². The summed E-state index contributed by atoms with van der Waals surface area (Å²) in [6.07, 6.45) is 3.18. The van der Waals surface area contributed by atoms with Gasteiger partial charge in [0.15, 0.2) is 0 Å². The molecule has 0 radical (unpaired) electrons. The van der Waals surface area contributed by atoms with E-state index in [2.05, 4.69) is 24.4 Å². The normalized spacial score (nSPS) is 28.8. The summed E-state index contributed by atoms with van der Waals surface area (Å²) in [6.45, 7) is 5.79. The number of hydrogen-bond acceptors (Lipinski definition) is 5. The fourth-order valence-electron chi connectivity index (χ4n) is 4.00. The number of amides is 1. The molecule has 3 atom stereocenters. The van der Waals surface area contributed by atoms with Crippen LogP contribution in [0, 0.1) is 0 Å². The second-order valence-electron chi connectivity index (χ2n) is 7.75. The molecule has 1 aromatic carbocycles. The smallest absolute Gasteiger partial charge is 0.240 e. The lowest BCUT2D eigenvalue weighted by Gasteiger charge is -2.31. The fraction of sp³-hybridized carbons (Fsp3) is 0.650. The monoisotopic (exact) mass is 360 g/mol. The molecule has 3 N–H and O–H groups in total. The van der Waals surface area contributed by atoms with Gasteiger partial charge in [0.1, 0.15) is 17.6 Å². The van der Waals surface area contributed by atoms with E-state index >= 15 is 0 Å². The highest BCUT2D eigenvalue weighted by Gasteiger charge is 2.45. The third-order valence-corrected chi connectivity index (χ3v) is 5.67. The summed E-state index contributed by atoms with van der Waals surface area (Å²) in [6, 6.07) is 4.33. The van der Waals surface area contributed by atoms with E-state index in [4.69, 9.17) is 19.9 Å². The van der Waals surface area contributed by atoms with Crippen molar-refractivity contribution in [1.29, 1.82) is 0 Å². The number of rotatable bonds is 5. The van der Waals surface area contributed by atoms with Gasteiger partial charge in [-0.3, -0.25) is 4.79 Å². The topological polar surface area (TPSA) is 82.8 Å². The van der Waals surface area contributed by atoms with Crippen LogP contribution in [0.15, 0.2) is 12.1 Å². The molecule has 0 spiro atoms. The van der Waals surface area contributed by atoms with E-state index < -0.39 is 5.54 Å². The number of ether oxygens (including phenoxy) is 3. The van der Waals surface area contributed by atoms with Crippen molar-refractivity contribution >= 4 is 5.91 Å². The highest BCUT2D eigenvalue weighted by Crippen LogP contribution is 2.48. The van der Waals surface area contributed by atoms with Crippen molar-refractivity contribution in [2.24, 2.45) is 5.73 Å². The summed E-state index contributed by atoms with van der Waals surface area (Å²) in [5.74, 6) is 2.07. The van der Waals surface area contributed by atoms with Crippen molar-refractivity contribution in [3.05, 3.63) is 23.3 Å². The maximum Gasteiger partial charge on any atom is 0.240 e. The van der Waals surface area contributed by atoms with Crippen molar-refractivity contribution < 1.29 is 19.0 Å². The first kappa shape index (κ1) is 17.6. The van der Waals surface area contributed by atoms with Gasteiger partial charge in [-0.05, 0) is 45.2 Å². The zero-order valence-electron chi connectivity index (χ0n) is 15.5. The molecule has 2 heterocycles. The first-order chi connectivity index (χ1) is 12.5. The number of nitrogens with two attached hydrogens (primary N) is 1. The van der Waals surface area contributed by atoms with Gasteiger partial charge in [-0.1, -0.05) is 0 Å². The van der Waals surface area contributed by atoms with Gasteiger partial charge in [0.25, 0.3) is 0 Å². The van der Waals surface area contributed by atoms with Crippen molar-refractivity contribution in [3.8, 4) is 11.5 Å². The minimum atomic E-state index is -0.801. The quantitative estimate of drug-likeness (QED) is 0.838. The Morgan fingerprint density at radius 1 is 1.38 bits per heavy atom.